The third kappa shape index (κ3) is 3.69. The molecule has 0 bridgehead atoms. The van der Waals surface area contributed by atoms with Gasteiger partial charge >= 0.3 is 0 Å². The van der Waals surface area contributed by atoms with Crippen LogP contribution in [0.1, 0.15) is 0 Å². The average molecular weight is 464 g/mol. The Balaban J connectivity index is 1.93. The summed E-state index contributed by atoms with van der Waals surface area (Å²) < 4.78 is 10.8. The van der Waals surface area contributed by atoms with Crippen LogP contribution in [-0.4, -0.2) is 38.2 Å². The van der Waals surface area contributed by atoms with Gasteiger partial charge in [0.1, 0.15) is 6.73 Å². The molecule has 7 nitrogen and oxygen atoms in total. The number of rotatable bonds is 5. The smallest absolute Gasteiger partial charge is 0.264 e. The largest absolute Gasteiger partial charge is 0.364 e. The highest BCUT2D eigenvalue weighted by molar-refractivity contribution is 6.76. The molecule has 4 rings (SSSR count). The molecule has 10 heteroatoms. The molecule has 0 amide bonds. The maximum Gasteiger partial charge on any atom is 0.264 e. The van der Waals surface area contributed by atoms with Crippen LogP contribution in [0.5, 0.6) is 0 Å². The standard InChI is InChI=1S/C20H23Cl2N5O2Si/c1-25-8-14-15(24-25)7-6-12(17(14)21)13-9-27(10-29-11-30(3,4)5)18-16(13)19(28)26(2)20(22)23-18/h6-9H,10-11H2,1-5H3. The van der Waals surface area contributed by atoms with Gasteiger partial charge in [-0.25, -0.2) is 4.98 Å². The highest BCUT2D eigenvalue weighted by atomic mass is 35.5. The number of ether oxygens (including phenoxy) is 1. The molecular weight excluding hydrogens is 441 g/mol. The highest BCUT2D eigenvalue weighted by Gasteiger charge is 2.21. The normalized spacial score (nSPS) is 12.4. The minimum Gasteiger partial charge on any atom is -0.364 e. The molecule has 0 aliphatic carbocycles. The van der Waals surface area contributed by atoms with Crippen molar-refractivity contribution in [1.82, 2.24) is 23.9 Å². The summed E-state index contributed by atoms with van der Waals surface area (Å²) in [6.45, 7) is 6.99. The van der Waals surface area contributed by atoms with Crippen molar-refractivity contribution in [2.45, 2.75) is 26.4 Å². The molecule has 0 aliphatic rings. The second-order valence-electron chi connectivity index (χ2n) is 8.66. The minimum atomic E-state index is -1.38. The van der Waals surface area contributed by atoms with E-state index in [-0.39, 0.29) is 17.6 Å². The Morgan fingerprint density at radius 3 is 2.53 bits per heavy atom. The topological polar surface area (TPSA) is 66.9 Å². The van der Waals surface area contributed by atoms with Crippen LogP contribution in [0.3, 0.4) is 0 Å². The van der Waals surface area contributed by atoms with Crippen LogP contribution >= 0.6 is 23.2 Å². The van der Waals surface area contributed by atoms with E-state index in [0.717, 1.165) is 16.5 Å². The number of aryl methyl sites for hydroxylation is 1. The molecule has 0 radical (unpaired) electrons. The third-order valence-corrected chi connectivity index (χ3v) is 6.65. The molecular formula is C20H23Cl2N5O2Si. The van der Waals surface area contributed by atoms with Gasteiger partial charge in [-0.2, -0.15) is 5.10 Å². The van der Waals surface area contributed by atoms with Crippen molar-refractivity contribution in [3.63, 3.8) is 0 Å². The molecule has 4 aromatic rings. The lowest BCUT2D eigenvalue weighted by Crippen LogP contribution is -2.28. The van der Waals surface area contributed by atoms with Crippen molar-refractivity contribution >= 4 is 53.2 Å². The van der Waals surface area contributed by atoms with E-state index in [4.69, 9.17) is 27.9 Å². The van der Waals surface area contributed by atoms with E-state index in [9.17, 15) is 4.79 Å². The molecule has 0 saturated heterocycles. The van der Waals surface area contributed by atoms with E-state index >= 15 is 0 Å². The van der Waals surface area contributed by atoms with Crippen molar-refractivity contribution in [2.75, 3.05) is 6.23 Å². The van der Waals surface area contributed by atoms with Crippen LogP contribution in [0.2, 0.25) is 29.9 Å². The number of hydrogen-bond acceptors (Lipinski definition) is 4. The Kier molecular flexibility index (Phi) is 5.30. The zero-order valence-electron chi connectivity index (χ0n) is 17.5. The summed E-state index contributed by atoms with van der Waals surface area (Å²) in [6, 6.07) is 3.78. The van der Waals surface area contributed by atoms with Gasteiger partial charge in [0, 0.05) is 49.2 Å². The molecule has 0 spiro atoms. The van der Waals surface area contributed by atoms with Gasteiger partial charge in [-0.3, -0.25) is 14.0 Å². The number of hydrogen-bond donors (Lipinski definition) is 0. The predicted molar refractivity (Wildman–Crippen MR) is 124 cm³/mol. The van der Waals surface area contributed by atoms with Gasteiger partial charge in [0.2, 0.25) is 5.28 Å². The third-order valence-electron chi connectivity index (χ3n) is 4.84. The Morgan fingerprint density at radius 2 is 1.83 bits per heavy atom. The van der Waals surface area contributed by atoms with Crippen molar-refractivity contribution in [1.29, 1.82) is 0 Å². The lowest BCUT2D eigenvalue weighted by molar-refractivity contribution is 0.112. The summed E-state index contributed by atoms with van der Waals surface area (Å²) in [6.07, 6.45) is 4.43. The highest BCUT2D eigenvalue weighted by Crippen LogP contribution is 2.37. The number of aromatic nitrogens is 5. The lowest BCUT2D eigenvalue weighted by atomic mass is 10.0. The first-order chi connectivity index (χ1) is 14.1. The summed E-state index contributed by atoms with van der Waals surface area (Å²) in [4.78, 5) is 17.6. The van der Waals surface area contributed by atoms with Crippen molar-refractivity contribution < 1.29 is 4.74 Å². The quantitative estimate of drug-likeness (QED) is 0.323. The number of nitrogens with zero attached hydrogens (tertiary/aromatic N) is 5. The summed E-state index contributed by atoms with van der Waals surface area (Å²) in [5.41, 5.74) is 2.49. The zero-order chi connectivity index (χ0) is 21.8. The molecule has 3 aromatic heterocycles. The molecule has 0 fully saturated rings. The molecule has 0 atom stereocenters. The first-order valence-electron chi connectivity index (χ1n) is 9.52. The summed E-state index contributed by atoms with van der Waals surface area (Å²) >= 11 is 12.9. The Bertz CT molecular complexity index is 1330. The molecule has 0 unspecified atom stereocenters. The first-order valence-corrected chi connectivity index (χ1v) is 14.0. The summed E-state index contributed by atoms with van der Waals surface area (Å²) in [5, 5.41) is 6.35. The summed E-state index contributed by atoms with van der Waals surface area (Å²) in [7, 11) is 2.07. The predicted octanol–water partition coefficient (Wildman–Crippen LogP) is 4.45. The van der Waals surface area contributed by atoms with E-state index in [1.807, 2.05) is 36.1 Å². The fourth-order valence-electron chi connectivity index (χ4n) is 3.43. The molecule has 30 heavy (non-hydrogen) atoms. The maximum atomic E-state index is 13.1. The van der Waals surface area contributed by atoms with E-state index in [1.54, 1.807) is 11.7 Å². The SMILES string of the molecule is Cn1cc2c(Cl)c(-c3cn(COC[Si](C)(C)C)c4nc(Cl)n(C)c(=O)c34)ccc2n1. The fraction of sp³-hybridized carbons (Fsp3) is 0.350. The van der Waals surface area contributed by atoms with E-state index < -0.39 is 8.07 Å². The van der Waals surface area contributed by atoms with Crippen LogP contribution < -0.4 is 5.56 Å². The van der Waals surface area contributed by atoms with Crippen LogP contribution in [0.4, 0.5) is 0 Å². The van der Waals surface area contributed by atoms with Crippen LogP contribution in [0.25, 0.3) is 33.1 Å². The van der Waals surface area contributed by atoms with Crippen LogP contribution in [0.15, 0.2) is 29.3 Å². The van der Waals surface area contributed by atoms with Gasteiger partial charge in [0.05, 0.1) is 24.0 Å². The monoisotopic (exact) mass is 463 g/mol. The first kappa shape index (κ1) is 21.1. The maximum absolute atomic E-state index is 13.1. The second-order valence-corrected chi connectivity index (χ2v) is 14.8. The average Bonchev–Trinajstić information content (AvgIpc) is 3.20. The Hall–Kier alpha value is -2.13. The zero-order valence-corrected chi connectivity index (χ0v) is 20.0. The molecule has 0 aliphatic heterocycles. The fourth-order valence-corrected chi connectivity index (χ4v) is 4.60. The van der Waals surface area contributed by atoms with Gasteiger partial charge in [0.25, 0.3) is 5.56 Å². The molecule has 0 N–H and O–H groups in total. The Labute approximate surface area is 184 Å². The van der Waals surface area contributed by atoms with Crippen molar-refractivity contribution in [3.8, 4) is 11.1 Å². The van der Waals surface area contributed by atoms with Gasteiger partial charge < -0.3 is 9.30 Å². The van der Waals surface area contributed by atoms with Crippen molar-refractivity contribution in [2.24, 2.45) is 14.1 Å². The van der Waals surface area contributed by atoms with E-state index in [0.29, 0.717) is 27.8 Å². The molecule has 3 heterocycles. The second kappa shape index (κ2) is 7.53. The molecule has 0 saturated carbocycles. The lowest BCUT2D eigenvalue weighted by Gasteiger charge is -2.16. The number of halogens is 2. The van der Waals surface area contributed by atoms with Crippen LogP contribution in [-0.2, 0) is 25.6 Å². The van der Waals surface area contributed by atoms with Crippen LogP contribution in [0, 0.1) is 0 Å². The van der Waals surface area contributed by atoms with Crippen molar-refractivity contribution in [3.05, 3.63) is 45.2 Å². The number of benzene rings is 1. The van der Waals surface area contributed by atoms with Gasteiger partial charge in [-0.1, -0.05) is 37.3 Å². The van der Waals surface area contributed by atoms with E-state index in [1.165, 1.54) is 4.57 Å². The molecule has 158 valence electrons. The Morgan fingerprint density at radius 1 is 1.10 bits per heavy atom. The minimum absolute atomic E-state index is 0.123. The van der Waals surface area contributed by atoms with Gasteiger partial charge in [0.15, 0.2) is 5.65 Å². The summed E-state index contributed by atoms with van der Waals surface area (Å²) in [5.74, 6) is 0. The van der Waals surface area contributed by atoms with Gasteiger partial charge in [-0.15, -0.1) is 0 Å². The van der Waals surface area contributed by atoms with Gasteiger partial charge in [-0.05, 0) is 17.7 Å². The number of fused-ring (bicyclic) bond motifs is 2. The molecule has 1 aromatic carbocycles. The van der Waals surface area contributed by atoms with E-state index in [2.05, 4.69) is 29.7 Å².